The highest BCUT2D eigenvalue weighted by molar-refractivity contribution is 5.83. The Morgan fingerprint density at radius 3 is 2.67 bits per heavy atom. The molecule has 0 bridgehead atoms. The average Bonchev–Trinajstić information content (AvgIpc) is 2.58. The Balaban J connectivity index is 2.24. The fraction of sp³-hybridized carbons (Fsp3) is 0.500. The lowest BCUT2D eigenvalue weighted by Crippen LogP contribution is -2.29. The number of hydrogen-bond donors (Lipinski definition) is 2. The van der Waals surface area contributed by atoms with Crippen LogP contribution in [0.25, 0.3) is 10.9 Å². The van der Waals surface area contributed by atoms with Crippen molar-refractivity contribution in [2.75, 3.05) is 0 Å². The highest BCUT2D eigenvalue weighted by atomic mass is 16.3. The molecule has 0 radical (unpaired) electrons. The zero-order valence-electron chi connectivity index (χ0n) is 11.7. The molecule has 0 amide bonds. The summed E-state index contributed by atoms with van der Waals surface area (Å²) in [5.41, 5.74) is 2.91. The van der Waals surface area contributed by atoms with Crippen molar-refractivity contribution in [1.29, 1.82) is 0 Å². The molecule has 2 N–H and O–H groups in total. The number of aryl methyl sites for hydroxylation is 1. The van der Waals surface area contributed by atoms with E-state index >= 15 is 0 Å². The van der Waals surface area contributed by atoms with Crippen molar-refractivity contribution in [3.05, 3.63) is 35.5 Å². The van der Waals surface area contributed by atoms with E-state index in [9.17, 15) is 5.11 Å². The van der Waals surface area contributed by atoms with Gasteiger partial charge in [-0.15, -0.1) is 0 Å². The summed E-state index contributed by atoms with van der Waals surface area (Å²) in [4.78, 5) is 3.41. The lowest BCUT2D eigenvalue weighted by atomic mass is 9.90. The van der Waals surface area contributed by atoms with Gasteiger partial charge in [0, 0.05) is 23.0 Å². The summed E-state index contributed by atoms with van der Waals surface area (Å²) in [6.07, 6.45) is 1.50. The van der Waals surface area contributed by atoms with E-state index in [1.54, 1.807) is 0 Å². The first kappa shape index (κ1) is 13.2. The summed E-state index contributed by atoms with van der Waals surface area (Å²) < 4.78 is 0. The summed E-state index contributed by atoms with van der Waals surface area (Å²) in [7, 11) is 0. The lowest BCUT2D eigenvalue weighted by Gasteiger charge is -2.24. The molecule has 98 valence electrons. The summed E-state index contributed by atoms with van der Waals surface area (Å²) in [5.74, 6) is 0.506. The maximum Gasteiger partial charge on any atom is 0.0676 e. The maximum atomic E-state index is 10.4. The second-order valence-electron chi connectivity index (χ2n) is 6.10. The van der Waals surface area contributed by atoms with Crippen molar-refractivity contribution in [3.8, 4) is 0 Å². The highest BCUT2D eigenvalue weighted by Gasteiger charge is 2.23. The van der Waals surface area contributed by atoms with Gasteiger partial charge in [0.05, 0.1) is 5.60 Å². The molecule has 1 unspecified atom stereocenters. The van der Waals surface area contributed by atoms with Crippen LogP contribution in [0, 0.1) is 12.8 Å². The fourth-order valence-corrected chi connectivity index (χ4v) is 2.82. The summed E-state index contributed by atoms with van der Waals surface area (Å²) in [5, 5.41) is 11.7. The van der Waals surface area contributed by atoms with Gasteiger partial charge in [-0.3, -0.25) is 0 Å². The van der Waals surface area contributed by atoms with Crippen LogP contribution in [0.5, 0.6) is 0 Å². The predicted molar refractivity (Wildman–Crippen MR) is 76.8 cm³/mol. The van der Waals surface area contributed by atoms with Gasteiger partial charge in [-0.25, -0.2) is 0 Å². The minimum atomic E-state index is -0.636. The molecule has 1 aromatic heterocycles. The Bertz CT molecular complexity index is 537. The van der Waals surface area contributed by atoms with Crippen LogP contribution in [0.1, 0.15) is 38.4 Å². The fourth-order valence-electron chi connectivity index (χ4n) is 2.82. The third-order valence-corrected chi connectivity index (χ3v) is 3.36. The van der Waals surface area contributed by atoms with Crippen molar-refractivity contribution >= 4 is 10.9 Å². The van der Waals surface area contributed by atoms with Gasteiger partial charge in [0.25, 0.3) is 0 Å². The number of hydrogen-bond acceptors (Lipinski definition) is 1. The zero-order valence-corrected chi connectivity index (χ0v) is 11.7. The van der Waals surface area contributed by atoms with Crippen molar-refractivity contribution in [2.24, 2.45) is 5.92 Å². The normalized spacial score (nSPS) is 15.2. The first-order chi connectivity index (χ1) is 8.37. The van der Waals surface area contributed by atoms with Gasteiger partial charge in [-0.05, 0) is 43.9 Å². The Morgan fingerprint density at radius 1 is 1.33 bits per heavy atom. The molecule has 0 fully saturated rings. The third kappa shape index (κ3) is 2.94. The minimum absolute atomic E-state index is 0.506. The molecule has 1 atom stereocenters. The molecule has 0 aliphatic carbocycles. The molecule has 0 aliphatic rings. The number of aromatic nitrogens is 1. The van der Waals surface area contributed by atoms with E-state index in [1.165, 1.54) is 10.9 Å². The van der Waals surface area contributed by atoms with E-state index in [2.05, 4.69) is 50.0 Å². The largest absolute Gasteiger partial charge is 0.390 e. The monoisotopic (exact) mass is 245 g/mol. The van der Waals surface area contributed by atoms with Gasteiger partial charge in [-0.2, -0.15) is 0 Å². The third-order valence-electron chi connectivity index (χ3n) is 3.36. The van der Waals surface area contributed by atoms with Crippen LogP contribution in [0.4, 0.5) is 0 Å². The Kier molecular flexibility index (Phi) is 3.49. The average molecular weight is 245 g/mol. The van der Waals surface area contributed by atoms with E-state index < -0.39 is 5.60 Å². The van der Waals surface area contributed by atoms with Gasteiger partial charge < -0.3 is 10.1 Å². The molecule has 18 heavy (non-hydrogen) atoms. The SMILES string of the molecule is Cc1cccc2[nH]c(CC(C)(O)CC(C)C)cc12. The van der Waals surface area contributed by atoms with Crippen molar-refractivity contribution in [2.45, 2.75) is 46.1 Å². The molecule has 2 aromatic rings. The number of aliphatic hydroxyl groups is 1. The second-order valence-corrected chi connectivity index (χ2v) is 6.10. The number of benzene rings is 1. The van der Waals surface area contributed by atoms with Gasteiger partial charge in [0.1, 0.15) is 0 Å². The smallest absolute Gasteiger partial charge is 0.0676 e. The molecule has 0 saturated heterocycles. The van der Waals surface area contributed by atoms with Crippen LogP contribution >= 0.6 is 0 Å². The molecule has 2 nitrogen and oxygen atoms in total. The first-order valence-corrected chi connectivity index (χ1v) is 6.67. The van der Waals surface area contributed by atoms with Gasteiger partial charge in [0.15, 0.2) is 0 Å². The van der Waals surface area contributed by atoms with Crippen molar-refractivity contribution in [1.82, 2.24) is 4.98 Å². The second kappa shape index (κ2) is 4.77. The van der Waals surface area contributed by atoms with E-state index in [-0.39, 0.29) is 0 Å². The number of fused-ring (bicyclic) bond motifs is 1. The standard InChI is InChI=1S/C16H23NO/c1-11(2)9-16(4,18)10-13-8-14-12(3)6-5-7-15(14)17-13/h5-8,11,17-18H,9-10H2,1-4H3. The van der Waals surface area contributed by atoms with Crippen LogP contribution in [0.3, 0.4) is 0 Å². The highest BCUT2D eigenvalue weighted by Crippen LogP contribution is 2.25. The Morgan fingerprint density at radius 2 is 2.06 bits per heavy atom. The van der Waals surface area contributed by atoms with Crippen LogP contribution < -0.4 is 0 Å². The van der Waals surface area contributed by atoms with E-state index in [1.807, 2.05) is 6.92 Å². The maximum absolute atomic E-state index is 10.4. The number of rotatable bonds is 4. The molecular formula is C16H23NO. The number of H-pyrrole nitrogens is 1. The molecule has 0 saturated carbocycles. The zero-order chi connectivity index (χ0) is 13.3. The molecule has 0 aliphatic heterocycles. The summed E-state index contributed by atoms with van der Waals surface area (Å²) in [6.45, 7) is 8.32. The van der Waals surface area contributed by atoms with E-state index in [0.29, 0.717) is 12.3 Å². The van der Waals surface area contributed by atoms with Gasteiger partial charge in [-0.1, -0.05) is 26.0 Å². The topological polar surface area (TPSA) is 36.0 Å². The van der Waals surface area contributed by atoms with E-state index in [0.717, 1.165) is 17.6 Å². The molecular weight excluding hydrogens is 222 g/mol. The predicted octanol–water partition coefficient (Wildman–Crippen LogP) is 3.82. The molecule has 0 spiro atoms. The van der Waals surface area contributed by atoms with E-state index in [4.69, 9.17) is 0 Å². The van der Waals surface area contributed by atoms with Crippen LogP contribution in [-0.4, -0.2) is 15.7 Å². The van der Waals surface area contributed by atoms with Crippen LogP contribution in [0.15, 0.2) is 24.3 Å². The van der Waals surface area contributed by atoms with Crippen molar-refractivity contribution in [3.63, 3.8) is 0 Å². The Labute approximate surface area is 109 Å². The quantitative estimate of drug-likeness (QED) is 0.844. The number of aromatic amines is 1. The molecule has 2 heteroatoms. The summed E-state index contributed by atoms with van der Waals surface area (Å²) >= 11 is 0. The number of nitrogens with one attached hydrogen (secondary N) is 1. The van der Waals surface area contributed by atoms with Crippen molar-refractivity contribution < 1.29 is 5.11 Å². The van der Waals surface area contributed by atoms with Gasteiger partial charge in [0.2, 0.25) is 0 Å². The summed E-state index contributed by atoms with van der Waals surface area (Å²) in [6, 6.07) is 8.43. The minimum Gasteiger partial charge on any atom is -0.390 e. The van der Waals surface area contributed by atoms with Crippen LogP contribution in [0.2, 0.25) is 0 Å². The molecule has 2 rings (SSSR count). The molecule has 1 heterocycles. The van der Waals surface area contributed by atoms with Crippen LogP contribution in [-0.2, 0) is 6.42 Å². The first-order valence-electron chi connectivity index (χ1n) is 6.67. The lowest BCUT2D eigenvalue weighted by molar-refractivity contribution is 0.0381. The van der Waals surface area contributed by atoms with Gasteiger partial charge >= 0.3 is 0 Å². The molecule has 1 aromatic carbocycles. The Hall–Kier alpha value is -1.28.